The number of pyridine rings is 1. The van der Waals surface area contributed by atoms with Gasteiger partial charge in [-0.1, -0.05) is 72.8 Å². The standard InChI is InChI=1S/C27H18N2O4/c30-27(33-17-18-7-5-10-20(15-18)29(31)32)24-16-26(28-25-14-4-3-12-23(24)25)22-13-6-9-19-8-1-2-11-21(19)22/h1-16H,17H2. The van der Waals surface area contributed by atoms with E-state index >= 15 is 0 Å². The summed E-state index contributed by atoms with van der Waals surface area (Å²) in [5, 5.41) is 13.8. The number of hydrogen-bond donors (Lipinski definition) is 0. The molecule has 1 heterocycles. The van der Waals surface area contributed by atoms with Gasteiger partial charge in [0.05, 0.1) is 21.7 Å². The van der Waals surface area contributed by atoms with Crippen LogP contribution in [0.25, 0.3) is 32.9 Å². The number of fused-ring (bicyclic) bond motifs is 2. The third-order valence-electron chi connectivity index (χ3n) is 5.49. The molecule has 0 atom stereocenters. The Morgan fingerprint density at radius 3 is 2.42 bits per heavy atom. The predicted molar refractivity (Wildman–Crippen MR) is 127 cm³/mol. The monoisotopic (exact) mass is 434 g/mol. The number of ether oxygens (including phenoxy) is 1. The molecule has 0 spiro atoms. The minimum atomic E-state index is -0.512. The molecule has 0 N–H and O–H groups in total. The Balaban J connectivity index is 1.54. The number of hydrogen-bond acceptors (Lipinski definition) is 5. The maximum atomic E-state index is 13.1. The van der Waals surface area contributed by atoms with E-state index in [0.717, 1.165) is 16.3 Å². The van der Waals surface area contributed by atoms with E-state index in [2.05, 4.69) is 0 Å². The smallest absolute Gasteiger partial charge is 0.339 e. The van der Waals surface area contributed by atoms with E-state index in [4.69, 9.17) is 9.72 Å². The number of carbonyl (C=O) groups excluding carboxylic acids is 1. The third kappa shape index (κ3) is 4.02. The van der Waals surface area contributed by atoms with Crippen molar-refractivity contribution in [2.75, 3.05) is 0 Å². The summed E-state index contributed by atoms with van der Waals surface area (Å²) in [6.45, 7) is -0.0687. The van der Waals surface area contributed by atoms with Gasteiger partial charge in [0.2, 0.25) is 0 Å². The molecule has 160 valence electrons. The lowest BCUT2D eigenvalue weighted by atomic mass is 9.99. The minimum Gasteiger partial charge on any atom is -0.457 e. The average Bonchev–Trinajstić information content (AvgIpc) is 2.86. The van der Waals surface area contributed by atoms with Crippen molar-refractivity contribution in [1.82, 2.24) is 4.98 Å². The van der Waals surface area contributed by atoms with Crippen molar-refractivity contribution < 1.29 is 14.5 Å². The molecule has 0 saturated carbocycles. The van der Waals surface area contributed by atoms with Crippen LogP contribution in [0.1, 0.15) is 15.9 Å². The normalized spacial score (nSPS) is 10.9. The molecule has 5 rings (SSSR count). The number of non-ortho nitro benzene ring substituents is 1. The molecule has 0 saturated heterocycles. The first-order valence-corrected chi connectivity index (χ1v) is 10.4. The predicted octanol–water partition coefficient (Wildman–Crippen LogP) is 6.32. The quantitative estimate of drug-likeness (QED) is 0.184. The topological polar surface area (TPSA) is 82.3 Å². The number of carbonyl (C=O) groups is 1. The lowest BCUT2D eigenvalue weighted by Crippen LogP contribution is -2.07. The summed E-state index contributed by atoms with van der Waals surface area (Å²) in [6.07, 6.45) is 0. The van der Waals surface area contributed by atoms with Crippen LogP contribution in [-0.2, 0) is 11.3 Å². The first-order valence-electron chi connectivity index (χ1n) is 10.4. The highest BCUT2D eigenvalue weighted by Gasteiger charge is 2.17. The molecule has 0 radical (unpaired) electrons. The lowest BCUT2D eigenvalue weighted by molar-refractivity contribution is -0.384. The van der Waals surface area contributed by atoms with E-state index in [1.165, 1.54) is 12.1 Å². The molecule has 0 aliphatic carbocycles. The highest BCUT2D eigenvalue weighted by atomic mass is 16.6. The van der Waals surface area contributed by atoms with Crippen molar-refractivity contribution in [1.29, 1.82) is 0 Å². The fourth-order valence-electron chi connectivity index (χ4n) is 3.92. The van der Waals surface area contributed by atoms with E-state index in [-0.39, 0.29) is 12.3 Å². The fraction of sp³-hybridized carbons (Fsp3) is 0.0370. The molecule has 5 aromatic rings. The Bertz CT molecular complexity index is 1520. The summed E-state index contributed by atoms with van der Waals surface area (Å²) < 4.78 is 5.55. The van der Waals surface area contributed by atoms with E-state index < -0.39 is 10.9 Å². The zero-order valence-electron chi connectivity index (χ0n) is 17.5. The Morgan fingerprint density at radius 1 is 0.848 bits per heavy atom. The Morgan fingerprint density at radius 2 is 1.58 bits per heavy atom. The lowest BCUT2D eigenvalue weighted by Gasteiger charge is -2.12. The number of nitrogens with zero attached hydrogens (tertiary/aromatic N) is 2. The molecule has 33 heavy (non-hydrogen) atoms. The Hall–Kier alpha value is -4.58. The average molecular weight is 434 g/mol. The maximum Gasteiger partial charge on any atom is 0.339 e. The number of para-hydroxylation sites is 1. The molecule has 0 aliphatic heterocycles. The van der Waals surface area contributed by atoms with Crippen molar-refractivity contribution in [3.05, 3.63) is 118 Å². The van der Waals surface area contributed by atoms with Gasteiger partial charge < -0.3 is 4.74 Å². The largest absolute Gasteiger partial charge is 0.457 e. The SMILES string of the molecule is O=C(OCc1cccc([N+](=O)[O-])c1)c1cc(-c2cccc3ccccc23)nc2ccccc12. The van der Waals surface area contributed by atoms with Crippen LogP contribution >= 0.6 is 0 Å². The van der Waals surface area contributed by atoms with Crippen LogP contribution in [0.2, 0.25) is 0 Å². The van der Waals surface area contributed by atoms with E-state index in [9.17, 15) is 14.9 Å². The van der Waals surface area contributed by atoms with E-state index in [1.54, 1.807) is 18.2 Å². The van der Waals surface area contributed by atoms with Gasteiger partial charge in [-0.3, -0.25) is 10.1 Å². The summed E-state index contributed by atoms with van der Waals surface area (Å²) in [4.78, 5) is 28.5. The molecule has 6 nitrogen and oxygen atoms in total. The second-order valence-electron chi connectivity index (χ2n) is 7.60. The molecule has 0 unspecified atom stereocenters. The fourth-order valence-corrected chi connectivity index (χ4v) is 3.92. The van der Waals surface area contributed by atoms with Gasteiger partial charge in [0.15, 0.2) is 0 Å². The zero-order chi connectivity index (χ0) is 22.8. The van der Waals surface area contributed by atoms with Crippen LogP contribution in [0.5, 0.6) is 0 Å². The third-order valence-corrected chi connectivity index (χ3v) is 5.49. The zero-order valence-corrected chi connectivity index (χ0v) is 17.5. The van der Waals surface area contributed by atoms with Crippen LogP contribution < -0.4 is 0 Å². The summed E-state index contributed by atoms with van der Waals surface area (Å²) in [5.41, 5.74) is 3.18. The van der Waals surface area contributed by atoms with Gasteiger partial charge in [-0.15, -0.1) is 0 Å². The summed E-state index contributed by atoms with van der Waals surface area (Å²) in [5.74, 6) is -0.512. The second-order valence-corrected chi connectivity index (χ2v) is 7.60. The van der Waals surface area contributed by atoms with Crippen molar-refractivity contribution in [2.45, 2.75) is 6.61 Å². The molecule has 0 bridgehead atoms. The van der Waals surface area contributed by atoms with Crippen LogP contribution in [0.15, 0.2) is 97.1 Å². The highest BCUT2D eigenvalue weighted by molar-refractivity contribution is 6.06. The molecule has 4 aromatic carbocycles. The Kier molecular flexibility index (Phi) is 5.24. The van der Waals surface area contributed by atoms with Gasteiger partial charge in [0.1, 0.15) is 6.61 Å². The van der Waals surface area contributed by atoms with Crippen LogP contribution in [0.3, 0.4) is 0 Å². The van der Waals surface area contributed by atoms with Crippen molar-refractivity contribution in [2.24, 2.45) is 0 Å². The van der Waals surface area contributed by atoms with E-state index in [0.29, 0.717) is 27.7 Å². The first kappa shape index (κ1) is 20.3. The number of rotatable bonds is 5. The van der Waals surface area contributed by atoms with Crippen LogP contribution in [-0.4, -0.2) is 15.9 Å². The molecular weight excluding hydrogens is 416 g/mol. The number of aromatic nitrogens is 1. The summed E-state index contributed by atoms with van der Waals surface area (Å²) >= 11 is 0. The maximum absolute atomic E-state index is 13.1. The van der Waals surface area contributed by atoms with E-state index in [1.807, 2.05) is 66.7 Å². The molecule has 0 fully saturated rings. The second kappa shape index (κ2) is 8.51. The Labute approximate surface area is 189 Å². The first-order chi connectivity index (χ1) is 16.1. The molecule has 0 amide bonds. The summed E-state index contributed by atoms with van der Waals surface area (Å²) in [7, 11) is 0. The van der Waals surface area contributed by atoms with Gasteiger partial charge in [0.25, 0.3) is 5.69 Å². The van der Waals surface area contributed by atoms with Gasteiger partial charge in [-0.2, -0.15) is 0 Å². The van der Waals surface area contributed by atoms with Gasteiger partial charge >= 0.3 is 5.97 Å². The molecule has 6 heteroatoms. The molecule has 1 aromatic heterocycles. The van der Waals surface area contributed by atoms with Crippen LogP contribution in [0, 0.1) is 10.1 Å². The number of nitro benzene ring substituents is 1. The van der Waals surface area contributed by atoms with Crippen molar-refractivity contribution in [3.63, 3.8) is 0 Å². The molecule has 0 aliphatic rings. The minimum absolute atomic E-state index is 0.0452. The van der Waals surface area contributed by atoms with Crippen LogP contribution in [0.4, 0.5) is 5.69 Å². The van der Waals surface area contributed by atoms with Crippen molar-refractivity contribution in [3.8, 4) is 11.3 Å². The number of esters is 1. The number of benzene rings is 4. The number of nitro groups is 1. The van der Waals surface area contributed by atoms with Crippen molar-refractivity contribution >= 4 is 33.3 Å². The molecular formula is C27H18N2O4. The van der Waals surface area contributed by atoms with Gasteiger partial charge in [0, 0.05) is 23.1 Å². The van der Waals surface area contributed by atoms with Gasteiger partial charge in [-0.25, -0.2) is 9.78 Å². The summed E-state index contributed by atoms with van der Waals surface area (Å²) in [6, 6.07) is 29.2. The van der Waals surface area contributed by atoms with Gasteiger partial charge in [-0.05, 0) is 28.5 Å². The highest BCUT2D eigenvalue weighted by Crippen LogP contribution is 2.31.